The Labute approximate surface area is 103 Å². The Hall–Kier alpha value is -1.93. The minimum atomic E-state index is -0.828. The highest BCUT2D eigenvalue weighted by Crippen LogP contribution is 2.06. The van der Waals surface area contributed by atoms with E-state index in [0.29, 0.717) is 5.76 Å². The maximum atomic E-state index is 11.4. The standard InChI is InChI=1S/C10H15N3O5/c1-7-6-8(13-18-7)12-10(16)9(15)11-2-4-17-5-3-14/h6,14H,2-5H2,1H3,(H,11,15)(H,12,13,16). The Morgan fingerprint density at radius 3 is 2.83 bits per heavy atom. The lowest BCUT2D eigenvalue weighted by Gasteiger charge is -2.04. The van der Waals surface area contributed by atoms with Crippen molar-refractivity contribution in [3.8, 4) is 0 Å². The summed E-state index contributed by atoms with van der Waals surface area (Å²) in [5.41, 5.74) is 0. The maximum Gasteiger partial charge on any atom is 0.314 e. The first kappa shape index (κ1) is 14.1. The second kappa shape index (κ2) is 7.41. The number of nitrogens with one attached hydrogen (secondary N) is 2. The lowest BCUT2D eigenvalue weighted by molar-refractivity contribution is -0.136. The third-order valence-corrected chi connectivity index (χ3v) is 1.84. The number of aliphatic hydroxyl groups is 1. The summed E-state index contributed by atoms with van der Waals surface area (Å²) in [6, 6.07) is 1.50. The van der Waals surface area contributed by atoms with Crippen LogP contribution in [0.5, 0.6) is 0 Å². The van der Waals surface area contributed by atoms with Gasteiger partial charge in [-0.05, 0) is 6.92 Å². The van der Waals surface area contributed by atoms with Crippen LogP contribution >= 0.6 is 0 Å². The van der Waals surface area contributed by atoms with E-state index in [1.165, 1.54) is 6.07 Å². The molecule has 1 aromatic heterocycles. The molecule has 2 amide bonds. The van der Waals surface area contributed by atoms with Crippen LogP contribution in [0.4, 0.5) is 5.82 Å². The molecule has 0 atom stereocenters. The SMILES string of the molecule is Cc1cc(NC(=O)C(=O)NCCOCCO)no1. The molecule has 1 heterocycles. The van der Waals surface area contributed by atoms with Crippen LogP contribution in [0, 0.1) is 6.92 Å². The van der Waals surface area contributed by atoms with Gasteiger partial charge in [0.25, 0.3) is 0 Å². The molecule has 0 aliphatic carbocycles. The summed E-state index contributed by atoms with van der Waals surface area (Å²) in [5.74, 6) is -0.902. The van der Waals surface area contributed by atoms with Crippen molar-refractivity contribution in [2.45, 2.75) is 6.92 Å². The molecular formula is C10H15N3O5. The summed E-state index contributed by atoms with van der Waals surface area (Å²) in [6.07, 6.45) is 0. The Bertz CT molecular complexity index is 404. The lowest BCUT2D eigenvalue weighted by Crippen LogP contribution is -2.37. The van der Waals surface area contributed by atoms with Gasteiger partial charge in [0.1, 0.15) is 5.76 Å². The average Bonchev–Trinajstić information content (AvgIpc) is 2.74. The minimum absolute atomic E-state index is 0.0834. The normalized spacial score (nSPS) is 10.1. The summed E-state index contributed by atoms with van der Waals surface area (Å²) in [6.45, 7) is 2.19. The van der Waals surface area contributed by atoms with E-state index in [1.54, 1.807) is 6.92 Å². The van der Waals surface area contributed by atoms with Gasteiger partial charge in [-0.3, -0.25) is 14.9 Å². The summed E-state index contributed by atoms with van der Waals surface area (Å²) in [4.78, 5) is 22.7. The van der Waals surface area contributed by atoms with E-state index in [4.69, 9.17) is 14.4 Å². The Kier molecular flexibility index (Phi) is 5.81. The number of ether oxygens (including phenoxy) is 1. The van der Waals surface area contributed by atoms with E-state index >= 15 is 0 Å². The van der Waals surface area contributed by atoms with Gasteiger partial charge in [-0.1, -0.05) is 5.16 Å². The molecule has 1 aromatic rings. The summed E-state index contributed by atoms with van der Waals surface area (Å²) >= 11 is 0. The van der Waals surface area contributed by atoms with Crippen molar-refractivity contribution < 1.29 is 24.0 Å². The predicted octanol–water partition coefficient (Wildman–Crippen LogP) is -0.953. The largest absolute Gasteiger partial charge is 0.394 e. The van der Waals surface area contributed by atoms with E-state index < -0.39 is 11.8 Å². The van der Waals surface area contributed by atoms with Crippen LogP contribution in [0.25, 0.3) is 0 Å². The number of carbonyl (C=O) groups is 2. The molecule has 8 nitrogen and oxygen atoms in total. The molecule has 0 spiro atoms. The fraction of sp³-hybridized carbons (Fsp3) is 0.500. The highest BCUT2D eigenvalue weighted by atomic mass is 16.5. The van der Waals surface area contributed by atoms with E-state index in [2.05, 4.69) is 15.8 Å². The van der Waals surface area contributed by atoms with Gasteiger partial charge in [0.15, 0.2) is 5.82 Å². The molecule has 1 rings (SSSR count). The molecule has 8 heteroatoms. The summed E-state index contributed by atoms with van der Waals surface area (Å²) < 4.78 is 9.64. The third-order valence-electron chi connectivity index (χ3n) is 1.84. The number of anilines is 1. The number of hydrogen-bond donors (Lipinski definition) is 3. The first-order valence-corrected chi connectivity index (χ1v) is 5.34. The number of aliphatic hydroxyl groups excluding tert-OH is 1. The van der Waals surface area contributed by atoms with Gasteiger partial charge in [-0.25, -0.2) is 0 Å². The van der Waals surface area contributed by atoms with Crippen LogP contribution in [0.3, 0.4) is 0 Å². The minimum Gasteiger partial charge on any atom is -0.394 e. The number of aromatic nitrogens is 1. The van der Waals surface area contributed by atoms with Crippen LogP contribution in [0.15, 0.2) is 10.6 Å². The van der Waals surface area contributed by atoms with Gasteiger partial charge in [-0.15, -0.1) is 0 Å². The van der Waals surface area contributed by atoms with Crippen molar-refractivity contribution in [1.29, 1.82) is 0 Å². The van der Waals surface area contributed by atoms with E-state index in [9.17, 15) is 9.59 Å². The van der Waals surface area contributed by atoms with E-state index in [0.717, 1.165) is 0 Å². The van der Waals surface area contributed by atoms with Crippen LogP contribution in [-0.2, 0) is 14.3 Å². The molecule has 0 aliphatic heterocycles. The van der Waals surface area contributed by atoms with Gasteiger partial charge >= 0.3 is 11.8 Å². The van der Waals surface area contributed by atoms with Crippen LogP contribution in [-0.4, -0.2) is 48.4 Å². The van der Waals surface area contributed by atoms with Gasteiger partial charge < -0.3 is 19.7 Å². The van der Waals surface area contributed by atoms with E-state index in [-0.39, 0.29) is 32.2 Å². The first-order chi connectivity index (χ1) is 8.63. The van der Waals surface area contributed by atoms with Crippen LogP contribution < -0.4 is 10.6 Å². The highest BCUT2D eigenvalue weighted by Gasteiger charge is 2.14. The van der Waals surface area contributed by atoms with Gasteiger partial charge in [0.05, 0.1) is 19.8 Å². The number of hydrogen-bond acceptors (Lipinski definition) is 6. The predicted molar refractivity (Wildman–Crippen MR) is 60.8 cm³/mol. The molecule has 0 aromatic carbocycles. The lowest BCUT2D eigenvalue weighted by atomic mass is 10.4. The molecule has 0 bridgehead atoms. The van der Waals surface area contributed by atoms with Gasteiger partial charge in [-0.2, -0.15) is 0 Å². The fourth-order valence-corrected chi connectivity index (χ4v) is 1.08. The van der Waals surface area contributed by atoms with Crippen molar-refractivity contribution in [1.82, 2.24) is 10.5 Å². The van der Waals surface area contributed by atoms with Crippen molar-refractivity contribution in [3.63, 3.8) is 0 Å². The molecule has 0 aliphatic rings. The van der Waals surface area contributed by atoms with Gasteiger partial charge in [0.2, 0.25) is 0 Å². The second-order valence-electron chi connectivity index (χ2n) is 3.37. The number of rotatable bonds is 6. The molecule has 0 fully saturated rings. The Morgan fingerprint density at radius 2 is 2.22 bits per heavy atom. The fourth-order valence-electron chi connectivity index (χ4n) is 1.08. The van der Waals surface area contributed by atoms with Crippen molar-refractivity contribution in [2.24, 2.45) is 0 Å². The topological polar surface area (TPSA) is 114 Å². The smallest absolute Gasteiger partial charge is 0.314 e. The van der Waals surface area contributed by atoms with Crippen LogP contribution in [0.1, 0.15) is 5.76 Å². The summed E-state index contributed by atoms with van der Waals surface area (Å²) in [5, 5.41) is 16.6. The van der Waals surface area contributed by atoms with Crippen molar-refractivity contribution in [2.75, 3.05) is 31.7 Å². The second-order valence-corrected chi connectivity index (χ2v) is 3.37. The zero-order valence-electron chi connectivity index (χ0n) is 9.93. The monoisotopic (exact) mass is 257 g/mol. The number of nitrogens with zero attached hydrogens (tertiary/aromatic N) is 1. The molecule has 0 unspecified atom stereocenters. The Balaban J connectivity index is 2.23. The zero-order chi connectivity index (χ0) is 13.4. The molecule has 0 radical (unpaired) electrons. The summed E-state index contributed by atoms with van der Waals surface area (Å²) in [7, 11) is 0. The quantitative estimate of drug-likeness (QED) is 0.447. The first-order valence-electron chi connectivity index (χ1n) is 5.34. The molecule has 18 heavy (non-hydrogen) atoms. The molecule has 0 saturated heterocycles. The average molecular weight is 257 g/mol. The number of amides is 2. The van der Waals surface area contributed by atoms with Crippen molar-refractivity contribution in [3.05, 3.63) is 11.8 Å². The third kappa shape index (κ3) is 4.93. The molecule has 3 N–H and O–H groups in total. The number of carbonyl (C=O) groups excluding carboxylic acids is 2. The van der Waals surface area contributed by atoms with Crippen LogP contribution in [0.2, 0.25) is 0 Å². The van der Waals surface area contributed by atoms with E-state index in [1.807, 2.05) is 0 Å². The molecule has 100 valence electrons. The van der Waals surface area contributed by atoms with Gasteiger partial charge in [0, 0.05) is 12.6 Å². The highest BCUT2D eigenvalue weighted by molar-refractivity contribution is 6.39. The maximum absolute atomic E-state index is 11.4. The Morgan fingerprint density at radius 1 is 1.44 bits per heavy atom. The number of aryl methyl sites for hydroxylation is 1. The molecule has 0 saturated carbocycles. The van der Waals surface area contributed by atoms with Crippen molar-refractivity contribution >= 4 is 17.6 Å². The zero-order valence-corrected chi connectivity index (χ0v) is 9.93. The molecular weight excluding hydrogens is 242 g/mol.